The van der Waals surface area contributed by atoms with E-state index in [0.29, 0.717) is 6.54 Å². The van der Waals surface area contributed by atoms with Crippen LogP contribution in [0.2, 0.25) is 0 Å². The predicted octanol–water partition coefficient (Wildman–Crippen LogP) is 3.97. The highest BCUT2D eigenvalue weighted by Gasteiger charge is 2.12. The van der Waals surface area contributed by atoms with Crippen LogP contribution in [0.5, 0.6) is 0 Å². The molecule has 0 bridgehead atoms. The zero-order chi connectivity index (χ0) is 18.2. The number of esters is 1. The van der Waals surface area contributed by atoms with Gasteiger partial charge in [-0.05, 0) is 41.8 Å². The second-order valence-electron chi connectivity index (χ2n) is 5.67. The number of aryl methyl sites for hydroxylation is 1. The van der Waals surface area contributed by atoms with Crippen molar-refractivity contribution < 1.29 is 14.3 Å². The van der Waals surface area contributed by atoms with E-state index in [1.165, 1.54) is 6.08 Å². The molecule has 25 heavy (non-hydrogen) atoms. The van der Waals surface area contributed by atoms with Gasteiger partial charge in [0.15, 0.2) is 6.61 Å². The minimum atomic E-state index is -0.544. The number of carbonyl (C=O) groups is 2. The number of amides is 1. The summed E-state index contributed by atoms with van der Waals surface area (Å²) in [5.74, 6) is -0.787. The van der Waals surface area contributed by atoms with Gasteiger partial charge in [0.05, 0.1) is 0 Å². The second kappa shape index (κ2) is 9.18. The van der Waals surface area contributed by atoms with Gasteiger partial charge >= 0.3 is 5.97 Å². The van der Waals surface area contributed by atoms with Gasteiger partial charge < -0.3 is 9.64 Å². The van der Waals surface area contributed by atoms with Crippen LogP contribution in [0.4, 0.5) is 0 Å². The van der Waals surface area contributed by atoms with Crippen molar-refractivity contribution in [3.63, 3.8) is 0 Å². The SMILES string of the molecule is Cc1ccccc1CN(C)C(=O)COC(=O)/C=C/c1cccc(Br)c1. The fraction of sp³-hybridized carbons (Fsp3) is 0.200. The standard InChI is InChI=1S/C20H20BrNO3/c1-15-6-3-4-8-17(15)13-22(2)19(23)14-25-20(24)11-10-16-7-5-9-18(21)12-16/h3-12H,13-14H2,1-2H3/b11-10+. The Kier molecular flexibility index (Phi) is 6.95. The van der Waals surface area contributed by atoms with E-state index in [0.717, 1.165) is 21.2 Å². The van der Waals surface area contributed by atoms with Gasteiger partial charge in [0.1, 0.15) is 0 Å². The van der Waals surface area contributed by atoms with Crippen LogP contribution < -0.4 is 0 Å². The molecule has 0 aliphatic carbocycles. The molecule has 1 amide bonds. The van der Waals surface area contributed by atoms with E-state index in [9.17, 15) is 9.59 Å². The van der Waals surface area contributed by atoms with Crippen molar-refractivity contribution >= 4 is 33.9 Å². The van der Waals surface area contributed by atoms with Crippen molar-refractivity contribution in [2.45, 2.75) is 13.5 Å². The summed E-state index contributed by atoms with van der Waals surface area (Å²) in [6.07, 6.45) is 2.96. The van der Waals surface area contributed by atoms with E-state index in [-0.39, 0.29) is 12.5 Å². The largest absolute Gasteiger partial charge is 0.452 e. The molecule has 0 saturated carbocycles. The smallest absolute Gasteiger partial charge is 0.331 e. The lowest BCUT2D eigenvalue weighted by Gasteiger charge is -2.18. The molecule has 0 unspecified atom stereocenters. The quantitative estimate of drug-likeness (QED) is 0.543. The first-order valence-corrected chi connectivity index (χ1v) is 8.64. The van der Waals surface area contributed by atoms with Gasteiger partial charge in [0.25, 0.3) is 5.91 Å². The highest BCUT2D eigenvalue weighted by molar-refractivity contribution is 9.10. The molecule has 130 valence electrons. The van der Waals surface area contributed by atoms with E-state index in [1.54, 1.807) is 18.0 Å². The molecule has 0 N–H and O–H groups in total. The lowest BCUT2D eigenvalue weighted by Crippen LogP contribution is -2.30. The molecule has 2 aromatic carbocycles. The van der Waals surface area contributed by atoms with Crippen LogP contribution in [0.1, 0.15) is 16.7 Å². The lowest BCUT2D eigenvalue weighted by atomic mass is 10.1. The summed E-state index contributed by atoms with van der Waals surface area (Å²) < 4.78 is 5.94. The molecule has 2 rings (SSSR count). The van der Waals surface area contributed by atoms with Crippen molar-refractivity contribution in [3.8, 4) is 0 Å². The van der Waals surface area contributed by atoms with Crippen LogP contribution in [-0.4, -0.2) is 30.4 Å². The number of benzene rings is 2. The monoisotopic (exact) mass is 401 g/mol. The number of hydrogen-bond donors (Lipinski definition) is 0. The molecule has 0 fully saturated rings. The summed E-state index contributed by atoms with van der Waals surface area (Å²) in [6.45, 7) is 2.21. The summed E-state index contributed by atoms with van der Waals surface area (Å²) >= 11 is 3.37. The Bertz CT molecular complexity index is 786. The van der Waals surface area contributed by atoms with Crippen LogP contribution in [0.15, 0.2) is 59.1 Å². The topological polar surface area (TPSA) is 46.6 Å². The Balaban J connectivity index is 1.82. The van der Waals surface area contributed by atoms with Crippen LogP contribution in [0.3, 0.4) is 0 Å². The molecule has 0 spiro atoms. The van der Waals surface area contributed by atoms with Gasteiger partial charge in [-0.2, -0.15) is 0 Å². The third-order valence-electron chi connectivity index (χ3n) is 3.69. The average molecular weight is 402 g/mol. The molecule has 0 aliphatic rings. The fourth-order valence-corrected chi connectivity index (χ4v) is 2.61. The number of likely N-dealkylation sites (N-methyl/N-ethyl adjacent to an activating group) is 1. The van der Waals surface area contributed by atoms with Crippen molar-refractivity contribution in [2.24, 2.45) is 0 Å². The van der Waals surface area contributed by atoms with E-state index >= 15 is 0 Å². The molecule has 4 nitrogen and oxygen atoms in total. The molecular weight excluding hydrogens is 382 g/mol. The van der Waals surface area contributed by atoms with Gasteiger partial charge in [-0.3, -0.25) is 4.79 Å². The van der Waals surface area contributed by atoms with Crippen molar-refractivity contribution in [3.05, 3.63) is 75.8 Å². The highest BCUT2D eigenvalue weighted by atomic mass is 79.9. The van der Waals surface area contributed by atoms with Crippen molar-refractivity contribution in [1.29, 1.82) is 0 Å². The molecule has 0 atom stereocenters. The lowest BCUT2D eigenvalue weighted by molar-refractivity contribution is -0.147. The Morgan fingerprint density at radius 1 is 1.16 bits per heavy atom. The maximum absolute atomic E-state index is 12.1. The van der Waals surface area contributed by atoms with Crippen LogP contribution in [0.25, 0.3) is 6.08 Å². The minimum Gasteiger partial charge on any atom is -0.452 e. The molecule has 2 aromatic rings. The van der Waals surface area contributed by atoms with Crippen molar-refractivity contribution in [1.82, 2.24) is 4.90 Å². The van der Waals surface area contributed by atoms with Gasteiger partial charge in [-0.15, -0.1) is 0 Å². The van der Waals surface area contributed by atoms with Gasteiger partial charge in [-0.25, -0.2) is 4.79 Å². The summed E-state index contributed by atoms with van der Waals surface area (Å²) in [5, 5.41) is 0. The Hall–Kier alpha value is -2.40. The van der Waals surface area contributed by atoms with Crippen LogP contribution >= 0.6 is 15.9 Å². The maximum Gasteiger partial charge on any atom is 0.331 e. The molecule has 0 aromatic heterocycles. The summed E-state index contributed by atoms with van der Waals surface area (Å²) in [5.41, 5.74) is 3.06. The summed E-state index contributed by atoms with van der Waals surface area (Å²) in [4.78, 5) is 25.4. The third-order valence-corrected chi connectivity index (χ3v) is 4.19. The van der Waals surface area contributed by atoms with Gasteiger partial charge in [0, 0.05) is 24.1 Å². The molecular formula is C20H20BrNO3. The first-order chi connectivity index (χ1) is 12.0. The first kappa shape index (κ1) is 18.9. The molecule has 0 aliphatic heterocycles. The molecule has 0 radical (unpaired) electrons. The number of halogens is 1. The van der Waals surface area contributed by atoms with E-state index in [2.05, 4.69) is 15.9 Å². The average Bonchev–Trinajstić information content (AvgIpc) is 2.59. The zero-order valence-electron chi connectivity index (χ0n) is 14.2. The number of hydrogen-bond acceptors (Lipinski definition) is 3. The fourth-order valence-electron chi connectivity index (χ4n) is 2.20. The number of nitrogens with zero attached hydrogens (tertiary/aromatic N) is 1. The Labute approximate surface area is 156 Å². The van der Waals surface area contributed by atoms with E-state index in [1.807, 2.05) is 55.5 Å². The zero-order valence-corrected chi connectivity index (χ0v) is 15.8. The van der Waals surface area contributed by atoms with Gasteiger partial charge in [-0.1, -0.05) is 52.3 Å². The second-order valence-corrected chi connectivity index (χ2v) is 6.59. The maximum atomic E-state index is 12.1. The first-order valence-electron chi connectivity index (χ1n) is 7.84. The normalized spacial score (nSPS) is 10.7. The van der Waals surface area contributed by atoms with Crippen LogP contribution in [-0.2, 0) is 20.9 Å². The number of carbonyl (C=O) groups excluding carboxylic acids is 2. The molecule has 0 heterocycles. The predicted molar refractivity (Wildman–Crippen MR) is 102 cm³/mol. The third kappa shape index (κ3) is 6.19. The van der Waals surface area contributed by atoms with Gasteiger partial charge in [0.2, 0.25) is 0 Å². The van der Waals surface area contributed by atoms with Crippen molar-refractivity contribution in [2.75, 3.05) is 13.7 Å². The molecule has 0 saturated heterocycles. The Morgan fingerprint density at radius 2 is 1.92 bits per heavy atom. The summed E-state index contributed by atoms with van der Waals surface area (Å²) in [7, 11) is 1.69. The Morgan fingerprint density at radius 3 is 2.64 bits per heavy atom. The van der Waals surface area contributed by atoms with E-state index < -0.39 is 5.97 Å². The number of ether oxygens (including phenoxy) is 1. The minimum absolute atomic E-state index is 0.243. The van der Waals surface area contributed by atoms with E-state index in [4.69, 9.17) is 4.74 Å². The number of rotatable bonds is 6. The van der Waals surface area contributed by atoms with Crippen LogP contribution in [0, 0.1) is 6.92 Å². The molecule has 5 heteroatoms. The summed E-state index contributed by atoms with van der Waals surface area (Å²) in [6, 6.07) is 15.4. The highest BCUT2D eigenvalue weighted by Crippen LogP contribution is 2.13.